The Bertz CT molecular complexity index is 1190. The number of nitrogens with zero attached hydrogens (tertiary/aromatic N) is 2. The van der Waals surface area contributed by atoms with Crippen molar-refractivity contribution in [3.05, 3.63) is 75.3 Å². The van der Waals surface area contributed by atoms with E-state index in [1.54, 1.807) is 24.3 Å². The lowest BCUT2D eigenvalue weighted by Crippen LogP contribution is -2.22. The SMILES string of the molecule is C=CCn1c(=S)[nH]c2cc(C(=O)Nc3ccc(N(C)C)cc3C)ccc2c1=O. The molecule has 0 aliphatic heterocycles. The molecule has 0 atom stereocenters. The number of aromatic amines is 1. The number of aryl methyl sites for hydroxylation is 1. The maximum Gasteiger partial charge on any atom is 0.262 e. The summed E-state index contributed by atoms with van der Waals surface area (Å²) in [6.45, 7) is 5.92. The predicted molar refractivity (Wildman–Crippen MR) is 117 cm³/mol. The Morgan fingerprint density at radius 3 is 2.68 bits per heavy atom. The zero-order chi connectivity index (χ0) is 20.4. The van der Waals surface area contributed by atoms with Crippen LogP contribution in [0, 0.1) is 11.7 Å². The van der Waals surface area contributed by atoms with Gasteiger partial charge in [-0.05, 0) is 61.1 Å². The van der Waals surface area contributed by atoms with Gasteiger partial charge in [-0.15, -0.1) is 6.58 Å². The lowest BCUT2D eigenvalue weighted by molar-refractivity contribution is 0.102. The number of aromatic nitrogens is 2. The second-order valence-corrected chi connectivity index (χ2v) is 7.13. The van der Waals surface area contributed by atoms with Crippen LogP contribution in [0.5, 0.6) is 0 Å². The number of hydrogen-bond acceptors (Lipinski definition) is 4. The molecule has 7 heteroatoms. The Kier molecular flexibility index (Phi) is 5.46. The van der Waals surface area contributed by atoms with Crippen molar-refractivity contribution in [2.24, 2.45) is 0 Å². The van der Waals surface area contributed by atoms with E-state index in [4.69, 9.17) is 12.2 Å². The Morgan fingerprint density at radius 2 is 2.04 bits per heavy atom. The van der Waals surface area contributed by atoms with E-state index in [0.717, 1.165) is 16.9 Å². The molecule has 1 aromatic heterocycles. The summed E-state index contributed by atoms with van der Waals surface area (Å²) in [5.41, 5.74) is 3.53. The van der Waals surface area contributed by atoms with Crippen LogP contribution in [-0.2, 0) is 6.54 Å². The minimum atomic E-state index is -0.253. The molecule has 1 heterocycles. The molecule has 3 aromatic rings. The Hall–Kier alpha value is -3.19. The third-order valence-electron chi connectivity index (χ3n) is 4.53. The van der Waals surface area contributed by atoms with Gasteiger partial charge in [0.2, 0.25) is 0 Å². The van der Waals surface area contributed by atoms with Crippen LogP contribution in [0.2, 0.25) is 0 Å². The first kappa shape index (κ1) is 19.6. The van der Waals surface area contributed by atoms with E-state index in [0.29, 0.717) is 27.8 Å². The van der Waals surface area contributed by atoms with E-state index in [-0.39, 0.29) is 11.5 Å². The topological polar surface area (TPSA) is 70.1 Å². The highest BCUT2D eigenvalue weighted by molar-refractivity contribution is 7.71. The van der Waals surface area contributed by atoms with E-state index in [2.05, 4.69) is 16.9 Å². The predicted octanol–water partition coefficient (Wildman–Crippen LogP) is 3.87. The Morgan fingerprint density at radius 1 is 1.29 bits per heavy atom. The van der Waals surface area contributed by atoms with E-state index in [1.165, 1.54) is 4.57 Å². The van der Waals surface area contributed by atoms with Gasteiger partial charge < -0.3 is 15.2 Å². The number of anilines is 2. The van der Waals surface area contributed by atoms with Gasteiger partial charge >= 0.3 is 0 Å². The number of amides is 1. The first-order chi connectivity index (χ1) is 13.3. The van der Waals surface area contributed by atoms with E-state index in [1.807, 2.05) is 44.1 Å². The summed E-state index contributed by atoms with van der Waals surface area (Å²) in [6, 6.07) is 10.8. The van der Waals surface area contributed by atoms with Crippen molar-refractivity contribution in [1.29, 1.82) is 0 Å². The van der Waals surface area contributed by atoms with Crippen LogP contribution < -0.4 is 15.8 Å². The van der Waals surface area contributed by atoms with E-state index < -0.39 is 0 Å². The van der Waals surface area contributed by atoms with Gasteiger partial charge in [0.1, 0.15) is 0 Å². The van der Waals surface area contributed by atoms with Gasteiger partial charge in [-0.25, -0.2) is 0 Å². The average Bonchev–Trinajstić information content (AvgIpc) is 2.66. The standard InChI is InChI=1S/C21H22N4O2S/c1-5-10-25-20(27)16-8-6-14(12-18(16)23-21(25)28)19(26)22-17-9-7-15(24(3)4)11-13(17)2/h5-9,11-12H,1,10H2,2-4H3,(H,22,26)(H,23,28). The number of fused-ring (bicyclic) bond motifs is 1. The largest absolute Gasteiger partial charge is 0.378 e. The molecule has 2 N–H and O–H groups in total. The molecule has 6 nitrogen and oxygen atoms in total. The highest BCUT2D eigenvalue weighted by atomic mass is 32.1. The molecule has 0 radical (unpaired) electrons. The molecule has 28 heavy (non-hydrogen) atoms. The minimum absolute atomic E-state index is 0.208. The molecule has 3 rings (SSSR count). The smallest absolute Gasteiger partial charge is 0.262 e. The van der Waals surface area contributed by atoms with Crippen molar-refractivity contribution in [2.45, 2.75) is 13.5 Å². The van der Waals surface area contributed by atoms with Crippen molar-refractivity contribution in [3.8, 4) is 0 Å². The van der Waals surface area contributed by atoms with Gasteiger partial charge in [-0.2, -0.15) is 0 Å². The number of nitrogens with one attached hydrogen (secondary N) is 2. The molecular weight excluding hydrogens is 372 g/mol. The number of carbonyl (C=O) groups excluding carboxylic acids is 1. The Balaban J connectivity index is 1.94. The maximum absolute atomic E-state index is 12.7. The molecule has 0 aliphatic rings. The third kappa shape index (κ3) is 3.75. The summed E-state index contributed by atoms with van der Waals surface area (Å²) in [4.78, 5) is 30.3. The monoisotopic (exact) mass is 394 g/mol. The second kappa shape index (κ2) is 7.82. The highest BCUT2D eigenvalue weighted by Crippen LogP contribution is 2.22. The lowest BCUT2D eigenvalue weighted by Gasteiger charge is -2.15. The summed E-state index contributed by atoms with van der Waals surface area (Å²) < 4.78 is 1.73. The first-order valence-electron chi connectivity index (χ1n) is 8.79. The van der Waals surface area contributed by atoms with Crippen molar-refractivity contribution in [1.82, 2.24) is 9.55 Å². The number of carbonyl (C=O) groups is 1. The average molecular weight is 395 g/mol. The Labute approximate surface area is 168 Å². The molecule has 144 valence electrons. The van der Waals surface area contributed by atoms with Crippen LogP contribution in [0.4, 0.5) is 11.4 Å². The van der Waals surface area contributed by atoms with Crippen molar-refractivity contribution < 1.29 is 4.79 Å². The minimum Gasteiger partial charge on any atom is -0.378 e. The number of allylic oxidation sites excluding steroid dienone is 1. The molecular formula is C21H22N4O2S. The third-order valence-corrected chi connectivity index (χ3v) is 4.85. The number of rotatable bonds is 5. The molecule has 0 spiro atoms. The lowest BCUT2D eigenvalue weighted by atomic mass is 10.1. The normalized spacial score (nSPS) is 10.7. The molecule has 1 amide bonds. The number of benzene rings is 2. The quantitative estimate of drug-likeness (QED) is 0.509. The summed E-state index contributed by atoms with van der Waals surface area (Å²) in [6.07, 6.45) is 1.61. The molecule has 0 unspecified atom stereocenters. The van der Waals surface area contributed by atoms with Gasteiger partial charge in [0, 0.05) is 37.6 Å². The first-order valence-corrected chi connectivity index (χ1v) is 9.19. The van der Waals surface area contributed by atoms with Crippen LogP contribution >= 0.6 is 12.2 Å². The van der Waals surface area contributed by atoms with Gasteiger partial charge in [-0.1, -0.05) is 6.08 Å². The molecule has 0 aliphatic carbocycles. The van der Waals surface area contributed by atoms with Crippen molar-refractivity contribution in [2.75, 3.05) is 24.3 Å². The second-order valence-electron chi connectivity index (χ2n) is 6.74. The highest BCUT2D eigenvalue weighted by Gasteiger charge is 2.12. The molecule has 0 saturated heterocycles. The van der Waals surface area contributed by atoms with Crippen LogP contribution in [0.15, 0.2) is 53.8 Å². The van der Waals surface area contributed by atoms with Gasteiger partial charge in [-0.3, -0.25) is 14.2 Å². The van der Waals surface area contributed by atoms with Gasteiger partial charge in [0.15, 0.2) is 4.77 Å². The van der Waals surface area contributed by atoms with E-state index >= 15 is 0 Å². The fourth-order valence-electron chi connectivity index (χ4n) is 2.95. The van der Waals surface area contributed by atoms with E-state index in [9.17, 15) is 9.59 Å². The van der Waals surface area contributed by atoms with Crippen LogP contribution in [0.3, 0.4) is 0 Å². The van der Waals surface area contributed by atoms with Gasteiger partial charge in [0.25, 0.3) is 11.5 Å². The fraction of sp³-hybridized carbons (Fsp3) is 0.190. The zero-order valence-electron chi connectivity index (χ0n) is 16.1. The number of hydrogen-bond donors (Lipinski definition) is 2. The summed E-state index contributed by atoms with van der Waals surface area (Å²) in [5.74, 6) is -0.253. The van der Waals surface area contributed by atoms with Gasteiger partial charge in [0.05, 0.1) is 10.9 Å². The zero-order valence-corrected chi connectivity index (χ0v) is 16.9. The van der Waals surface area contributed by atoms with Crippen molar-refractivity contribution >= 4 is 40.4 Å². The number of H-pyrrole nitrogens is 1. The molecule has 0 saturated carbocycles. The summed E-state index contributed by atoms with van der Waals surface area (Å²) in [7, 11) is 3.93. The van der Waals surface area contributed by atoms with Crippen LogP contribution in [0.25, 0.3) is 10.9 Å². The van der Waals surface area contributed by atoms with Crippen LogP contribution in [0.1, 0.15) is 15.9 Å². The maximum atomic E-state index is 12.7. The molecule has 0 bridgehead atoms. The summed E-state index contributed by atoms with van der Waals surface area (Å²) >= 11 is 5.25. The molecule has 2 aromatic carbocycles. The fourth-order valence-corrected chi connectivity index (χ4v) is 3.22. The van der Waals surface area contributed by atoms with Crippen molar-refractivity contribution in [3.63, 3.8) is 0 Å². The van der Waals surface area contributed by atoms with Crippen LogP contribution in [-0.4, -0.2) is 29.6 Å². The summed E-state index contributed by atoms with van der Waals surface area (Å²) in [5, 5.41) is 3.40. The molecule has 0 fully saturated rings.